The molecule has 1 aromatic heterocycles. The minimum Gasteiger partial charge on any atom is -0.333 e. The molecule has 0 unspecified atom stereocenters. The molecule has 0 atom stereocenters. The average Bonchev–Trinajstić information content (AvgIpc) is 1.85. The summed E-state index contributed by atoms with van der Waals surface area (Å²) in [6.07, 6.45) is 0. The number of H-pyrrole nitrogens is 2. The molecule has 1 aromatic rings. The minimum atomic E-state index is -0.751. The summed E-state index contributed by atoms with van der Waals surface area (Å²) in [5.74, 6) is 0. The predicted octanol–water partition coefficient (Wildman–Crippen LogP) is 1.91. The number of hydrogen-bond donors (Lipinski definition) is 2. The van der Waals surface area contributed by atoms with E-state index in [0.29, 0.717) is 5.69 Å². The average molecular weight is 211 g/mol. The van der Waals surface area contributed by atoms with Gasteiger partial charge in [0.1, 0.15) is 4.84 Å². The summed E-state index contributed by atoms with van der Waals surface area (Å²) in [6.45, 7) is 0. The number of alkyl halides is 2. The van der Waals surface area contributed by atoms with Gasteiger partial charge in [0, 0.05) is 6.07 Å². The van der Waals surface area contributed by atoms with Gasteiger partial charge in [0.05, 0.1) is 5.69 Å². The van der Waals surface area contributed by atoms with E-state index in [9.17, 15) is 4.79 Å². The molecule has 6 heteroatoms. The summed E-state index contributed by atoms with van der Waals surface area (Å²) >= 11 is 15.6. The predicted molar refractivity (Wildman–Crippen MR) is 46.7 cm³/mol. The molecule has 60 valence electrons. The van der Waals surface area contributed by atoms with Gasteiger partial charge in [0.2, 0.25) is 0 Å². The van der Waals surface area contributed by atoms with Crippen molar-refractivity contribution in [3.8, 4) is 0 Å². The molecule has 0 saturated heterocycles. The number of nitrogens with one attached hydrogen (secondary N) is 2. The van der Waals surface area contributed by atoms with Crippen LogP contribution in [-0.2, 0) is 0 Å². The fourth-order valence-electron chi connectivity index (χ4n) is 0.605. The van der Waals surface area contributed by atoms with Gasteiger partial charge in [-0.15, -0.1) is 0 Å². The molecule has 0 aromatic carbocycles. The van der Waals surface area contributed by atoms with Crippen LogP contribution in [0.2, 0.25) is 0 Å². The fraction of sp³-hybridized carbons (Fsp3) is 0.200. The van der Waals surface area contributed by atoms with Gasteiger partial charge in [-0.25, -0.2) is 0 Å². The molecular weight excluding hydrogens is 207 g/mol. The van der Waals surface area contributed by atoms with Crippen LogP contribution in [-0.4, -0.2) is 9.97 Å². The molecule has 0 aliphatic carbocycles. The van der Waals surface area contributed by atoms with Crippen LogP contribution in [0.3, 0.4) is 0 Å². The third kappa shape index (κ3) is 2.32. The van der Waals surface area contributed by atoms with Crippen LogP contribution in [0.5, 0.6) is 0 Å². The van der Waals surface area contributed by atoms with Crippen LogP contribution in [0.25, 0.3) is 0 Å². The quantitative estimate of drug-likeness (QED) is 0.550. The summed E-state index contributed by atoms with van der Waals surface area (Å²) in [6, 6.07) is 1.26. The van der Waals surface area contributed by atoms with Crippen LogP contribution >= 0.6 is 35.4 Å². The Kier molecular flexibility index (Phi) is 2.70. The maximum absolute atomic E-state index is 10.8. The summed E-state index contributed by atoms with van der Waals surface area (Å²) in [4.78, 5) is 15.0. The first kappa shape index (κ1) is 8.77. The van der Waals surface area contributed by atoms with E-state index in [0.717, 1.165) is 0 Å². The molecule has 0 fully saturated rings. The van der Waals surface area contributed by atoms with Crippen LogP contribution in [0.4, 0.5) is 0 Å². The molecule has 0 radical (unpaired) electrons. The maximum Gasteiger partial charge on any atom is 0.251 e. The molecular formula is C5H4Cl2N2OS. The highest BCUT2D eigenvalue weighted by atomic mass is 35.5. The van der Waals surface area contributed by atoms with Crippen molar-refractivity contribution < 1.29 is 0 Å². The number of aromatic amines is 2. The Morgan fingerprint density at radius 1 is 1.45 bits per heavy atom. The highest BCUT2D eigenvalue weighted by Gasteiger charge is 2.03. The second-order valence-electron chi connectivity index (χ2n) is 1.84. The third-order valence-electron chi connectivity index (χ3n) is 1.02. The molecule has 0 bridgehead atoms. The Morgan fingerprint density at radius 3 is 2.55 bits per heavy atom. The normalized spacial score (nSPS) is 10.5. The van der Waals surface area contributed by atoms with Gasteiger partial charge >= 0.3 is 0 Å². The standard InChI is InChI=1S/C5H4Cl2N2OS/c6-4(7)2-1-3(10)9-5(11)8-2/h1,4H,(H2,8,9,10,11). The van der Waals surface area contributed by atoms with Gasteiger partial charge < -0.3 is 4.98 Å². The van der Waals surface area contributed by atoms with E-state index in [4.69, 9.17) is 23.2 Å². The van der Waals surface area contributed by atoms with Crippen LogP contribution in [0.1, 0.15) is 10.5 Å². The Balaban J connectivity index is 3.30. The van der Waals surface area contributed by atoms with Crippen molar-refractivity contribution in [3.05, 3.63) is 26.9 Å². The third-order valence-corrected chi connectivity index (χ3v) is 1.69. The SMILES string of the molecule is O=c1cc(C(Cl)Cl)[nH]c(=S)[nH]1. The smallest absolute Gasteiger partial charge is 0.251 e. The number of halogens is 2. The van der Waals surface area contributed by atoms with Gasteiger partial charge in [-0.2, -0.15) is 0 Å². The van der Waals surface area contributed by atoms with Crippen molar-refractivity contribution in [2.75, 3.05) is 0 Å². The summed E-state index contributed by atoms with van der Waals surface area (Å²) in [5, 5.41) is 0. The van der Waals surface area contributed by atoms with Crippen molar-refractivity contribution >= 4 is 35.4 Å². The molecule has 1 heterocycles. The molecule has 11 heavy (non-hydrogen) atoms. The topological polar surface area (TPSA) is 48.6 Å². The zero-order valence-corrected chi connectivity index (χ0v) is 7.56. The fourth-order valence-corrected chi connectivity index (χ4v) is 1.06. The lowest BCUT2D eigenvalue weighted by Gasteiger charge is -1.98. The highest BCUT2D eigenvalue weighted by Crippen LogP contribution is 2.20. The first-order valence-electron chi connectivity index (χ1n) is 2.71. The number of hydrogen-bond acceptors (Lipinski definition) is 2. The first-order chi connectivity index (χ1) is 5.09. The lowest BCUT2D eigenvalue weighted by molar-refractivity contribution is 1.02. The lowest BCUT2D eigenvalue weighted by atomic mass is 10.4. The molecule has 3 nitrogen and oxygen atoms in total. The minimum absolute atomic E-state index is 0.221. The molecule has 2 N–H and O–H groups in total. The molecule has 0 aliphatic heterocycles. The van der Waals surface area contributed by atoms with Crippen LogP contribution in [0, 0.1) is 4.77 Å². The van der Waals surface area contributed by atoms with Crippen LogP contribution < -0.4 is 5.56 Å². The van der Waals surface area contributed by atoms with E-state index >= 15 is 0 Å². The highest BCUT2D eigenvalue weighted by molar-refractivity contribution is 7.71. The van der Waals surface area contributed by atoms with E-state index in [2.05, 4.69) is 22.2 Å². The Labute approximate surface area is 77.4 Å². The van der Waals surface area contributed by atoms with Crippen molar-refractivity contribution in [3.63, 3.8) is 0 Å². The van der Waals surface area contributed by atoms with E-state index < -0.39 is 4.84 Å². The molecule has 0 saturated carbocycles. The van der Waals surface area contributed by atoms with E-state index in [1.54, 1.807) is 0 Å². The van der Waals surface area contributed by atoms with Gasteiger partial charge in [-0.1, -0.05) is 23.2 Å². The van der Waals surface area contributed by atoms with Crippen molar-refractivity contribution in [1.29, 1.82) is 0 Å². The molecule has 0 aliphatic rings. The van der Waals surface area contributed by atoms with Gasteiger partial charge in [0.15, 0.2) is 4.77 Å². The van der Waals surface area contributed by atoms with E-state index in [1.807, 2.05) is 0 Å². The zero-order valence-electron chi connectivity index (χ0n) is 5.23. The van der Waals surface area contributed by atoms with E-state index in [1.165, 1.54) is 6.07 Å². The Hall–Kier alpha value is -0.320. The Morgan fingerprint density at radius 2 is 2.09 bits per heavy atom. The number of aromatic nitrogens is 2. The lowest BCUT2D eigenvalue weighted by Crippen LogP contribution is -2.07. The monoisotopic (exact) mass is 210 g/mol. The van der Waals surface area contributed by atoms with Gasteiger partial charge in [-0.3, -0.25) is 9.78 Å². The molecule has 0 spiro atoms. The summed E-state index contributed by atoms with van der Waals surface area (Å²) < 4.78 is 0.221. The molecule has 0 amide bonds. The first-order valence-corrected chi connectivity index (χ1v) is 3.99. The van der Waals surface area contributed by atoms with Crippen molar-refractivity contribution in [2.45, 2.75) is 4.84 Å². The van der Waals surface area contributed by atoms with Crippen molar-refractivity contribution in [2.24, 2.45) is 0 Å². The van der Waals surface area contributed by atoms with Crippen molar-refractivity contribution in [1.82, 2.24) is 9.97 Å². The van der Waals surface area contributed by atoms with Gasteiger partial charge in [0.25, 0.3) is 5.56 Å². The van der Waals surface area contributed by atoms with Gasteiger partial charge in [-0.05, 0) is 12.2 Å². The summed E-state index contributed by atoms with van der Waals surface area (Å²) in [5.41, 5.74) is 0.0946. The zero-order chi connectivity index (χ0) is 8.43. The number of rotatable bonds is 1. The molecule has 1 rings (SSSR count). The maximum atomic E-state index is 10.8. The largest absolute Gasteiger partial charge is 0.333 e. The van der Waals surface area contributed by atoms with E-state index in [-0.39, 0.29) is 10.3 Å². The Bertz CT molecular complexity index is 328. The van der Waals surface area contributed by atoms with Crippen LogP contribution in [0.15, 0.2) is 10.9 Å². The summed E-state index contributed by atoms with van der Waals surface area (Å²) in [7, 11) is 0. The second kappa shape index (κ2) is 3.38. The second-order valence-corrected chi connectivity index (χ2v) is 3.35.